The predicted molar refractivity (Wildman–Crippen MR) is 104 cm³/mol. The van der Waals surface area contributed by atoms with Gasteiger partial charge in [-0.3, -0.25) is 13.7 Å². The molecule has 0 radical (unpaired) electrons. The molecule has 0 aromatic carbocycles. The molecule has 0 bridgehead atoms. The van der Waals surface area contributed by atoms with E-state index in [1.165, 1.54) is 23.9 Å². The maximum atomic E-state index is 12.3. The Morgan fingerprint density at radius 1 is 1.48 bits per heavy atom. The van der Waals surface area contributed by atoms with Gasteiger partial charge in [-0.2, -0.15) is 17.6 Å². The van der Waals surface area contributed by atoms with E-state index < -0.39 is 46.3 Å². The molecule has 1 aromatic heterocycles. The van der Waals surface area contributed by atoms with Crippen LogP contribution in [0, 0.1) is 0 Å². The maximum Gasteiger partial charge on any atom is 0.479 e. The number of hydrogen-bond donors (Lipinski definition) is 3. The smallest absolute Gasteiger partial charge is 0.383 e. The standard InChI is InChI=1S/C13H23N3O10P2S/c1-21-9(8-29)5-24-28(19,20)26-27(2,18)23-7-12-22-6-11(25-12)16-4-3-10(14)15-13(16)17/h3-4,9,11-12,29H,5-8H2,1-2H3,(H,19,20)(H2,14,15,17)/t9?,11-,12-,27?/m0/s1. The zero-order valence-electron chi connectivity index (χ0n) is 15.7. The normalized spacial score (nSPS) is 24.7. The zero-order valence-corrected chi connectivity index (χ0v) is 18.3. The number of methoxy groups -OCH3 is 1. The molecule has 5 atom stereocenters. The van der Waals surface area contributed by atoms with E-state index >= 15 is 0 Å². The molecule has 0 spiro atoms. The Bertz CT molecular complexity index is 835. The van der Waals surface area contributed by atoms with E-state index in [2.05, 4.69) is 21.9 Å². The summed E-state index contributed by atoms with van der Waals surface area (Å²) in [5.74, 6) is 0.303. The molecule has 0 amide bonds. The summed E-state index contributed by atoms with van der Waals surface area (Å²) in [6, 6.07) is 1.42. The van der Waals surface area contributed by atoms with Gasteiger partial charge in [-0.15, -0.1) is 0 Å². The maximum absolute atomic E-state index is 12.3. The van der Waals surface area contributed by atoms with Crippen LogP contribution in [0.2, 0.25) is 0 Å². The van der Waals surface area contributed by atoms with Crippen LogP contribution in [-0.2, 0) is 36.7 Å². The predicted octanol–water partition coefficient (Wildman–Crippen LogP) is 0.615. The molecule has 1 aliphatic rings. The molecule has 166 valence electrons. The third-order valence-electron chi connectivity index (χ3n) is 3.55. The molecule has 0 saturated carbocycles. The minimum absolute atomic E-state index is 0.00184. The van der Waals surface area contributed by atoms with Gasteiger partial charge in [0, 0.05) is 25.7 Å². The van der Waals surface area contributed by atoms with Crippen molar-refractivity contribution in [2.75, 3.05) is 45.1 Å². The van der Waals surface area contributed by atoms with Gasteiger partial charge in [0.2, 0.25) is 0 Å². The Morgan fingerprint density at radius 2 is 2.21 bits per heavy atom. The fraction of sp³-hybridized carbons (Fsp3) is 0.692. The number of hydrogen-bond acceptors (Lipinski definition) is 12. The molecule has 1 fully saturated rings. The number of phosphoric ester groups is 1. The second kappa shape index (κ2) is 10.5. The van der Waals surface area contributed by atoms with E-state index in [4.69, 9.17) is 29.0 Å². The molecule has 3 N–H and O–H groups in total. The van der Waals surface area contributed by atoms with Crippen LogP contribution in [-0.4, -0.2) is 66.2 Å². The highest BCUT2D eigenvalue weighted by Crippen LogP contribution is 2.60. The first kappa shape index (κ1) is 24.5. The molecule has 2 rings (SSSR count). The summed E-state index contributed by atoms with van der Waals surface area (Å²) in [5.41, 5.74) is 4.80. The van der Waals surface area contributed by atoms with E-state index in [-0.39, 0.29) is 24.8 Å². The number of aromatic nitrogens is 2. The van der Waals surface area contributed by atoms with Crippen molar-refractivity contribution in [2.24, 2.45) is 0 Å². The van der Waals surface area contributed by atoms with Crippen molar-refractivity contribution < 1.29 is 41.6 Å². The molecule has 0 aliphatic carbocycles. The van der Waals surface area contributed by atoms with Crippen LogP contribution in [0.4, 0.5) is 5.82 Å². The number of nitrogens with zero attached hydrogens (tertiary/aromatic N) is 2. The Kier molecular flexibility index (Phi) is 8.86. The average molecular weight is 475 g/mol. The summed E-state index contributed by atoms with van der Waals surface area (Å²) < 4.78 is 55.5. The van der Waals surface area contributed by atoms with Gasteiger partial charge < -0.3 is 29.4 Å². The van der Waals surface area contributed by atoms with Gasteiger partial charge in [-0.05, 0) is 6.07 Å². The highest BCUT2D eigenvalue weighted by atomic mass is 32.1. The van der Waals surface area contributed by atoms with Gasteiger partial charge in [0.1, 0.15) is 12.4 Å². The fourth-order valence-electron chi connectivity index (χ4n) is 2.13. The molecule has 3 unspecified atom stereocenters. The first-order chi connectivity index (χ1) is 13.5. The molecular weight excluding hydrogens is 452 g/mol. The van der Waals surface area contributed by atoms with Crippen molar-refractivity contribution in [3.8, 4) is 0 Å². The Hall–Kier alpha value is -0.790. The summed E-state index contributed by atoms with van der Waals surface area (Å²) in [6.45, 7) is 0.304. The van der Waals surface area contributed by atoms with Crippen molar-refractivity contribution in [1.82, 2.24) is 9.55 Å². The van der Waals surface area contributed by atoms with Gasteiger partial charge in [0.25, 0.3) is 0 Å². The van der Waals surface area contributed by atoms with Crippen molar-refractivity contribution >= 4 is 33.9 Å². The van der Waals surface area contributed by atoms with Crippen LogP contribution in [0.3, 0.4) is 0 Å². The third-order valence-corrected chi connectivity index (χ3v) is 7.07. The highest BCUT2D eigenvalue weighted by Gasteiger charge is 2.36. The average Bonchev–Trinajstić information content (AvgIpc) is 3.09. The number of ether oxygens (including phenoxy) is 3. The van der Waals surface area contributed by atoms with Crippen LogP contribution >= 0.6 is 28.0 Å². The number of nitrogens with two attached hydrogens (primary N) is 1. The summed E-state index contributed by atoms with van der Waals surface area (Å²) in [4.78, 5) is 25.1. The van der Waals surface area contributed by atoms with E-state index in [0.29, 0.717) is 0 Å². The topological polar surface area (TPSA) is 171 Å². The molecule has 1 aliphatic heterocycles. The number of phosphoric acid groups is 1. The summed E-state index contributed by atoms with van der Waals surface area (Å²) in [5, 5.41) is 0. The van der Waals surface area contributed by atoms with Crippen molar-refractivity contribution in [3.63, 3.8) is 0 Å². The summed E-state index contributed by atoms with van der Waals surface area (Å²) in [6.07, 6.45) is -0.945. The van der Waals surface area contributed by atoms with Crippen LogP contribution < -0.4 is 11.4 Å². The fourth-order valence-corrected chi connectivity index (χ4v) is 5.00. The number of nitrogen functional groups attached to an aromatic ring is 1. The van der Waals surface area contributed by atoms with Crippen molar-refractivity contribution in [1.29, 1.82) is 0 Å². The molecule has 1 aromatic rings. The lowest BCUT2D eigenvalue weighted by molar-refractivity contribution is -0.0949. The first-order valence-electron chi connectivity index (χ1n) is 8.21. The first-order valence-corrected chi connectivity index (χ1v) is 12.3. The van der Waals surface area contributed by atoms with Gasteiger partial charge in [-0.25, -0.2) is 13.7 Å². The SMILES string of the molecule is COC(CS)COP(=O)(O)OP(C)(=O)OC[C@H]1OC[C@@H](n2ccc(N)nc2=O)O1. The summed E-state index contributed by atoms with van der Waals surface area (Å²) in [7, 11) is -7.30. The number of rotatable bonds is 11. The minimum Gasteiger partial charge on any atom is -0.383 e. The van der Waals surface area contributed by atoms with Crippen molar-refractivity contribution in [3.05, 3.63) is 22.7 Å². The Balaban J connectivity index is 1.84. The van der Waals surface area contributed by atoms with Crippen molar-refractivity contribution in [2.45, 2.75) is 18.6 Å². The third kappa shape index (κ3) is 7.76. The second-order valence-corrected chi connectivity index (χ2v) is 9.86. The van der Waals surface area contributed by atoms with Gasteiger partial charge in [0.05, 0.1) is 19.3 Å². The molecular formula is C13H23N3O10P2S. The lowest BCUT2D eigenvalue weighted by atomic mass is 10.4. The lowest BCUT2D eigenvalue weighted by Crippen LogP contribution is -2.28. The molecule has 1 saturated heterocycles. The Labute approximate surface area is 172 Å². The molecule has 2 heterocycles. The number of anilines is 1. The largest absolute Gasteiger partial charge is 0.479 e. The second-order valence-electron chi connectivity index (χ2n) is 5.85. The molecule has 13 nitrogen and oxygen atoms in total. The monoisotopic (exact) mass is 475 g/mol. The van der Waals surface area contributed by atoms with E-state index in [1.807, 2.05) is 0 Å². The van der Waals surface area contributed by atoms with E-state index in [1.54, 1.807) is 0 Å². The number of thiol groups is 1. The lowest BCUT2D eigenvalue weighted by Gasteiger charge is -2.20. The molecule has 29 heavy (non-hydrogen) atoms. The zero-order chi connectivity index (χ0) is 21.7. The van der Waals surface area contributed by atoms with Gasteiger partial charge >= 0.3 is 21.1 Å². The van der Waals surface area contributed by atoms with Crippen LogP contribution in [0.15, 0.2) is 17.1 Å². The highest BCUT2D eigenvalue weighted by molar-refractivity contribution is 7.80. The van der Waals surface area contributed by atoms with Gasteiger partial charge in [0.15, 0.2) is 12.5 Å². The van der Waals surface area contributed by atoms with Crippen LogP contribution in [0.1, 0.15) is 6.23 Å². The quantitative estimate of drug-likeness (QED) is 0.301. The summed E-state index contributed by atoms with van der Waals surface area (Å²) >= 11 is 3.98. The minimum atomic E-state index is -4.68. The van der Waals surface area contributed by atoms with E-state index in [9.17, 15) is 18.8 Å². The molecule has 16 heteroatoms. The van der Waals surface area contributed by atoms with Crippen LogP contribution in [0.25, 0.3) is 0 Å². The van der Waals surface area contributed by atoms with Crippen LogP contribution in [0.5, 0.6) is 0 Å². The van der Waals surface area contributed by atoms with Gasteiger partial charge in [-0.1, -0.05) is 0 Å². The van der Waals surface area contributed by atoms with E-state index in [0.717, 1.165) is 6.66 Å². The Morgan fingerprint density at radius 3 is 2.83 bits per heavy atom.